The van der Waals surface area contributed by atoms with Crippen molar-refractivity contribution in [1.29, 1.82) is 0 Å². The van der Waals surface area contributed by atoms with Gasteiger partial charge in [0.1, 0.15) is 11.6 Å². The fraction of sp³-hybridized carbons (Fsp3) is 0.636. The van der Waals surface area contributed by atoms with E-state index >= 15 is 0 Å². The van der Waals surface area contributed by atoms with Crippen molar-refractivity contribution in [3.63, 3.8) is 0 Å². The van der Waals surface area contributed by atoms with Gasteiger partial charge in [0.2, 0.25) is 5.91 Å². The number of carbonyl (C=O) groups is 1. The van der Waals surface area contributed by atoms with Crippen molar-refractivity contribution in [2.45, 2.75) is 51.4 Å². The number of anilines is 2. The zero-order valence-corrected chi connectivity index (χ0v) is 18.5. The molecule has 2 aliphatic heterocycles. The number of amides is 1. The van der Waals surface area contributed by atoms with Gasteiger partial charge in [0.05, 0.1) is 6.54 Å². The average molecular weight is 427 g/mol. The van der Waals surface area contributed by atoms with Gasteiger partial charge in [-0.15, -0.1) is 11.3 Å². The van der Waals surface area contributed by atoms with Gasteiger partial charge in [-0.3, -0.25) is 9.69 Å². The van der Waals surface area contributed by atoms with Crippen LogP contribution in [0.15, 0.2) is 11.6 Å². The Morgan fingerprint density at radius 1 is 1.23 bits per heavy atom. The van der Waals surface area contributed by atoms with E-state index in [-0.39, 0.29) is 5.91 Å². The lowest BCUT2D eigenvalue weighted by Crippen LogP contribution is -2.40. The lowest BCUT2D eigenvalue weighted by molar-refractivity contribution is -0.117. The smallest absolute Gasteiger partial charge is 0.240 e. The highest BCUT2D eigenvalue weighted by molar-refractivity contribution is 7.13. The number of hydrogen-bond donors (Lipinski definition) is 1. The first-order chi connectivity index (χ1) is 14.7. The largest absolute Gasteiger partial charge is 0.356 e. The highest BCUT2D eigenvalue weighted by atomic mass is 32.1. The lowest BCUT2D eigenvalue weighted by atomic mass is 9.96. The molecule has 1 saturated heterocycles. The second-order valence-electron chi connectivity index (χ2n) is 8.92. The number of carbonyl (C=O) groups excluding carboxylic acids is 1. The van der Waals surface area contributed by atoms with Gasteiger partial charge in [0, 0.05) is 48.4 Å². The summed E-state index contributed by atoms with van der Waals surface area (Å²) in [6.07, 6.45) is 8.89. The summed E-state index contributed by atoms with van der Waals surface area (Å²) in [4.78, 5) is 31.3. The van der Waals surface area contributed by atoms with Gasteiger partial charge in [-0.25, -0.2) is 15.0 Å². The molecule has 0 spiro atoms. The minimum Gasteiger partial charge on any atom is -0.356 e. The summed E-state index contributed by atoms with van der Waals surface area (Å²) in [7, 11) is 0. The van der Waals surface area contributed by atoms with Crippen molar-refractivity contribution in [1.82, 2.24) is 19.9 Å². The molecule has 7 nitrogen and oxygen atoms in total. The zero-order valence-electron chi connectivity index (χ0n) is 17.6. The topological polar surface area (TPSA) is 74.2 Å². The second kappa shape index (κ2) is 8.59. The van der Waals surface area contributed by atoms with Crippen LogP contribution < -0.4 is 10.2 Å². The number of nitrogens with one attached hydrogen (secondary N) is 1. The molecule has 0 unspecified atom stereocenters. The molecule has 3 aliphatic rings. The van der Waals surface area contributed by atoms with Crippen LogP contribution in [0.5, 0.6) is 0 Å². The van der Waals surface area contributed by atoms with Crippen LogP contribution in [0.4, 0.5) is 10.9 Å². The lowest BCUT2D eigenvalue weighted by Gasteiger charge is -2.34. The summed E-state index contributed by atoms with van der Waals surface area (Å²) in [5.74, 6) is 3.31. The number of likely N-dealkylation sites (tertiary alicyclic amines) is 1. The van der Waals surface area contributed by atoms with E-state index in [9.17, 15) is 4.79 Å². The number of fused-ring (bicyclic) bond motifs is 1. The maximum Gasteiger partial charge on any atom is 0.240 e. The quantitative estimate of drug-likeness (QED) is 0.765. The third-order valence-corrected chi connectivity index (χ3v) is 7.14. The van der Waals surface area contributed by atoms with E-state index < -0.39 is 0 Å². The van der Waals surface area contributed by atoms with Crippen LogP contribution >= 0.6 is 11.3 Å². The van der Waals surface area contributed by atoms with Gasteiger partial charge in [-0.2, -0.15) is 0 Å². The number of thiazole rings is 1. The van der Waals surface area contributed by atoms with E-state index in [1.807, 2.05) is 5.38 Å². The van der Waals surface area contributed by atoms with E-state index in [4.69, 9.17) is 9.97 Å². The minimum atomic E-state index is 0.00347. The van der Waals surface area contributed by atoms with Crippen LogP contribution in [-0.4, -0.2) is 58.5 Å². The van der Waals surface area contributed by atoms with Gasteiger partial charge in [-0.05, 0) is 57.9 Å². The van der Waals surface area contributed by atoms with E-state index in [2.05, 4.69) is 27.0 Å². The number of rotatable bonds is 6. The molecule has 1 aliphatic carbocycles. The van der Waals surface area contributed by atoms with Crippen molar-refractivity contribution >= 4 is 28.2 Å². The second-order valence-corrected chi connectivity index (χ2v) is 9.82. The molecule has 0 aromatic carbocycles. The van der Waals surface area contributed by atoms with Crippen LogP contribution in [-0.2, 0) is 11.2 Å². The molecule has 0 bridgehead atoms. The molecule has 30 heavy (non-hydrogen) atoms. The Morgan fingerprint density at radius 3 is 2.93 bits per heavy atom. The fourth-order valence-corrected chi connectivity index (χ4v) is 5.28. The van der Waals surface area contributed by atoms with Crippen molar-refractivity contribution in [2.75, 3.05) is 42.9 Å². The molecule has 1 N–H and O–H groups in total. The monoisotopic (exact) mass is 426 g/mol. The molecule has 1 saturated carbocycles. The molecular formula is C22H30N6OS. The SMILES string of the molecule is Cc1nc([C@@H]2CCCN(CC(=O)Nc3nccs3)C2)nc2c1CCCN2CC1CC1. The fourth-order valence-electron chi connectivity index (χ4n) is 4.74. The number of nitrogens with zero attached hydrogens (tertiary/aromatic N) is 5. The van der Waals surface area contributed by atoms with Crippen molar-refractivity contribution in [3.8, 4) is 0 Å². The molecule has 2 aromatic rings. The van der Waals surface area contributed by atoms with Crippen LogP contribution in [0.2, 0.25) is 0 Å². The highest BCUT2D eigenvalue weighted by Crippen LogP contribution is 2.36. The van der Waals surface area contributed by atoms with Crippen molar-refractivity contribution in [3.05, 3.63) is 28.7 Å². The van der Waals surface area contributed by atoms with Crippen LogP contribution in [0, 0.1) is 12.8 Å². The molecule has 4 heterocycles. The van der Waals surface area contributed by atoms with Gasteiger partial charge in [0.25, 0.3) is 0 Å². The van der Waals surface area contributed by atoms with E-state index in [0.717, 1.165) is 62.9 Å². The summed E-state index contributed by atoms with van der Waals surface area (Å²) < 4.78 is 0. The van der Waals surface area contributed by atoms with Gasteiger partial charge in [-0.1, -0.05) is 0 Å². The molecule has 160 valence electrons. The normalized spacial score (nSPS) is 22.0. The third kappa shape index (κ3) is 4.49. The van der Waals surface area contributed by atoms with Crippen molar-refractivity contribution in [2.24, 2.45) is 5.92 Å². The Kier molecular flexibility index (Phi) is 5.69. The number of aryl methyl sites for hydroxylation is 1. The molecule has 2 aromatic heterocycles. The molecule has 1 amide bonds. The van der Waals surface area contributed by atoms with E-state index in [1.165, 1.54) is 42.0 Å². The van der Waals surface area contributed by atoms with Crippen LogP contribution in [0.25, 0.3) is 0 Å². The maximum atomic E-state index is 12.4. The molecular weight excluding hydrogens is 396 g/mol. The van der Waals surface area contributed by atoms with Crippen molar-refractivity contribution < 1.29 is 4.79 Å². The first-order valence-electron chi connectivity index (χ1n) is 11.2. The summed E-state index contributed by atoms with van der Waals surface area (Å²) in [5.41, 5.74) is 2.50. The highest BCUT2D eigenvalue weighted by Gasteiger charge is 2.31. The molecule has 8 heteroatoms. The minimum absolute atomic E-state index is 0.00347. The summed E-state index contributed by atoms with van der Waals surface area (Å²) >= 11 is 1.45. The van der Waals surface area contributed by atoms with Gasteiger partial charge < -0.3 is 10.2 Å². The maximum absolute atomic E-state index is 12.4. The molecule has 0 radical (unpaired) electrons. The van der Waals surface area contributed by atoms with Gasteiger partial charge in [0.15, 0.2) is 5.13 Å². The zero-order chi connectivity index (χ0) is 20.5. The number of aromatic nitrogens is 3. The standard InChI is InChI=1S/C22H30N6OS/c1-15-18-5-3-10-28(12-16-6-7-16)21(18)26-20(24-15)17-4-2-9-27(13-17)14-19(29)25-22-23-8-11-30-22/h8,11,16-17H,2-7,9-10,12-14H2,1H3,(H,23,25,29)/t17-/m1/s1. The number of hydrogen-bond acceptors (Lipinski definition) is 7. The summed E-state index contributed by atoms with van der Waals surface area (Å²) in [6, 6.07) is 0. The van der Waals surface area contributed by atoms with Crippen LogP contribution in [0.3, 0.4) is 0 Å². The number of piperidine rings is 1. The predicted molar refractivity (Wildman–Crippen MR) is 119 cm³/mol. The Bertz CT molecular complexity index is 897. The first kappa shape index (κ1) is 19.9. The first-order valence-corrected chi connectivity index (χ1v) is 12.1. The summed E-state index contributed by atoms with van der Waals surface area (Å²) in [5, 5.41) is 5.43. The molecule has 1 atom stereocenters. The van der Waals surface area contributed by atoms with Crippen LogP contribution in [0.1, 0.15) is 55.1 Å². The van der Waals surface area contributed by atoms with E-state index in [0.29, 0.717) is 17.6 Å². The third-order valence-electron chi connectivity index (χ3n) is 6.46. The molecule has 2 fully saturated rings. The Morgan fingerprint density at radius 2 is 2.13 bits per heavy atom. The Hall–Kier alpha value is -2.06. The average Bonchev–Trinajstić information content (AvgIpc) is 3.41. The van der Waals surface area contributed by atoms with E-state index in [1.54, 1.807) is 6.20 Å². The summed E-state index contributed by atoms with van der Waals surface area (Å²) in [6.45, 7) is 6.59. The molecule has 5 rings (SSSR count). The Balaban J connectivity index is 1.28. The Labute approximate surface area is 181 Å². The van der Waals surface area contributed by atoms with Gasteiger partial charge >= 0.3 is 0 Å². The predicted octanol–water partition coefficient (Wildman–Crippen LogP) is 3.22.